The van der Waals surface area contributed by atoms with Crippen LogP contribution < -0.4 is 16.4 Å². The van der Waals surface area contributed by atoms with Crippen LogP contribution in [-0.2, 0) is 9.47 Å². The van der Waals surface area contributed by atoms with Gasteiger partial charge in [-0.25, -0.2) is 14.4 Å². The largest absolute Gasteiger partial charge is 0.450 e. The topological polar surface area (TPSA) is 136 Å². The van der Waals surface area contributed by atoms with Crippen LogP contribution in [-0.4, -0.2) is 156 Å². The Hall–Kier alpha value is -2.35. The van der Waals surface area contributed by atoms with Crippen molar-refractivity contribution in [3.63, 3.8) is 0 Å². The third-order valence-corrected chi connectivity index (χ3v) is 13.7. The zero-order chi connectivity index (χ0) is 36.9. The highest BCUT2D eigenvalue weighted by Crippen LogP contribution is 2.36. The Balaban J connectivity index is 0.000000179. The number of hydrogen-bond donors (Lipinski definition) is 3. The quantitative estimate of drug-likeness (QED) is 0.350. The van der Waals surface area contributed by atoms with Crippen LogP contribution in [0.3, 0.4) is 0 Å². The molecule has 0 aromatic carbocycles. The van der Waals surface area contributed by atoms with Crippen LogP contribution in [0.25, 0.3) is 0 Å². The molecule has 6 atom stereocenters. The molecule has 4 amide bonds. The molecule has 0 spiro atoms. The minimum absolute atomic E-state index is 0.0262. The number of ether oxygens (including phenoxy) is 2. The molecule has 5 aliphatic heterocycles. The molecule has 13 nitrogen and oxygen atoms in total. The van der Waals surface area contributed by atoms with Crippen LogP contribution in [0.15, 0.2) is 0 Å². The molecule has 4 N–H and O–H groups in total. The van der Waals surface area contributed by atoms with Crippen LogP contribution in [0.1, 0.15) is 118 Å². The molecular weight excluding hydrogens is 660 g/mol. The third-order valence-electron chi connectivity index (χ3n) is 13.7. The molecule has 296 valence electrons. The molecule has 52 heavy (non-hydrogen) atoms. The van der Waals surface area contributed by atoms with Crippen molar-refractivity contribution in [2.24, 2.45) is 5.73 Å². The molecule has 0 radical (unpaired) electrons. The lowest BCUT2D eigenvalue weighted by Crippen LogP contribution is -2.57. The Morgan fingerprint density at radius 2 is 1.27 bits per heavy atom. The summed E-state index contributed by atoms with van der Waals surface area (Å²) in [6.07, 6.45) is 15.9. The highest BCUT2D eigenvalue weighted by atomic mass is 16.6. The molecule has 0 aromatic rings. The molecule has 2 saturated carbocycles. The first kappa shape index (κ1) is 39.3. The van der Waals surface area contributed by atoms with Gasteiger partial charge in [-0.15, -0.1) is 0 Å². The van der Waals surface area contributed by atoms with Crippen molar-refractivity contribution in [2.75, 3.05) is 65.6 Å². The van der Waals surface area contributed by atoms with Crippen LogP contribution in [0.4, 0.5) is 14.4 Å². The Kier molecular flexibility index (Phi) is 13.2. The zero-order valence-electron chi connectivity index (χ0n) is 32.8. The molecule has 5 saturated heterocycles. The Labute approximate surface area is 313 Å². The molecule has 7 aliphatic rings. The van der Waals surface area contributed by atoms with Crippen LogP contribution in [0.5, 0.6) is 0 Å². The summed E-state index contributed by atoms with van der Waals surface area (Å²) in [6.45, 7) is 16.5. The average molecular weight is 731 g/mol. The van der Waals surface area contributed by atoms with E-state index in [1.165, 1.54) is 44.9 Å². The molecule has 7 rings (SSSR count). The molecule has 0 bridgehead atoms. The maximum atomic E-state index is 12.6. The summed E-state index contributed by atoms with van der Waals surface area (Å²) in [7, 11) is 0. The summed E-state index contributed by atoms with van der Waals surface area (Å²) in [5, 5.41) is 7.06. The number of urea groups is 1. The second-order valence-electron chi connectivity index (χ2n) is 17.3. The summed E-state index contributed by atoms with van der Waals surface area (Å²) in [5.41, 5.74) is 6.41. The predicted molar refractivity (Wildman–Crippen MR) is 202 cm³/mol. The van der Waals surface area contributed by atoms with Gasteiger partial charge in [0.05, 0.1) is 25.3 Å². The number of fused-ring (bicyclic) bond motifs is 1. The maximum Gasteiger partial charge on any atom is 0.409 e. The lowest BCUT2D eigenvalue weighted by Gasteiger charge is -2.45. The van der Waals surface area contributed by atoms with Crippen LogP contribution in [0.2, 0.25) is 0 Å². The third kappa shape index (κ3) is 8.95. The van der Waals surface area contributed by atoms with Crippen molar-refractivity contribution >= 4 is 18.2 Å². The monoisotopic (exact) mass is 731 g/mol. The molecule has 2 unspecified atom stereocenters. The number of hydrogen-bond acceptors (Lipinski definition) is 9. The van der Waals surface area contributed by atoms with Gasteiger partial charge in [0, 0.05) is 87.6 Å². The van der Waals surface area contributed by atoms with E-state index in [-0.39, 0.29) is 29.3 Å². The number of likely N-dealkylation sites (tertiary alicyclic amines) is 4. The summed E-state index contributed by atoms with van der Waals surface area (Å²) in [5.74, 6) is 0. The molecular formula is C39H70N8O5. The molecule has 13 heteroatoms. The lowest BCUT2D eigenvalue weighted by molar-refractivity contribution is 0.0426. The van der Waals surface area contributed by atoms with E-state index in [4.69, 9.17) is 15.2 Å². The maximum absolute atomic E-state index is 12.6. The summed E-state index contributed by atoms with van der Waals surface area (Å²) >= 11 is 0. The van der Waals surface area contributed by atoms with E-state index in [0.29, 0.717) is 49.5 Å². The highest BCUT2D eigenvalue weighted by Gasteiger charge is 2.47. The second-order valence-corrected chi connectivity index (χ2v) is 17.3. The van der Waals surface area contributed by atoms with Crippen molar-refractivity contribution < 1.29 is 23.9 Å². The number of amides is 4. The summed E-state index contributed by atoms with van der Waals surface area (Å²) < 4.78 is 10.3. The van der Waals surface area contributed by atoms with Crippen LogP contribution >= 0.6 is 0 Å². The standard InChI is InChI=1S/C20H34N4O3.C19H36N4O2/c1-3-27-19(26)22-13-10-20(2,14-22)23-11-8-15(9-12-23)24-17-7-5-4-6-16(17)21-18(24)25;1-3-25-18(24)22-13-10-19(2,14-22)23-11-8-15(9-12-23)21-17-7-5-4-6-16(17)20/h15-17H,3-14H2,1-2H3,(H,21,25);15-17,21H,3-14,20H2,1-2H3/t16-,17-,20?;16-,17-,19?/m00/s1. The molecule has 7 fully saturated rings. The van der Waals surface area contributed by atoms with Gasteiger partial charge in [-0.05, 0) is 91.9 Å². The first-order valence-electron chi connectivity index (χ1n) is 21.0. The summed E-state index contributed by atoms with van der Waals surface area (Å²) in [4.78, 5) is 47.6. The van der Waals surface area contributed by atoms with Gasteiger partial charge in [0.2, 0.25) is 0 Å². The molecule has 5 heterocycles. The van der Waals surface area contributed by atoms with E-state index in [1.807, 2.05) is 23.6 Å². The van der Waals surface area contributed by atoms with Crippen molar-refractivity contribution in [1.29, 1.82) is 0 Å². The van der Waals surface area contributed by atoms with E-state index >= 15 is 0 Å². The summed E-state index contributed by atoms with van der Waals surface area (Å²) in [6, 6.07) is 2.73. The van der Waals surface area contributed by atoms with Crippen molar-refractivity contribution in [2.45, 2.75) is 165 Å². The second kappa shape index (κ2) is 17.4. The normalized spacial score (nSPS) is 35.2. The molecule has 0 aromatic heterocycles. The van der Waals surface area contributed by atoms with E-state index in [9.17, 15) is 14.4 Å². The van der Waals surface area contributed by atoms with Gasteiger partial charge >= 0.3 is 18.2 Å². The molecule has 2 aliphatic carbocycles. The van der Waals surface area contributed by atoms with Gasteiger partial charge in [-0.3, -0.25) is 9.80 Å². The SMILES string of the molecule is CCOC(=O)N1CCC(C)(N2CCC(N3C(=O)N[C@H]4CCCC[C@@H]43)CC2)C1.CCOC(=O)N1CCC(C)(N2CCC(N[C@H]3CCCC[C@@H]3N)CC2)C1. The number of nitrogens with one attached hydrogen (secondary N) is 2. The smallest absolute Gasteiger partial charge is 0.409 e. The number of carbonyl (C=O) groups excluding carboxylic acids is 3. The van der Waals surface area contributed by atoms with Crippen molar-refractivity contribution in [1.82, 2.24) is 35.1 Å². The van der Waals surface area contributed by atoms with Gasteiger partial charge in [-0.1, -0.05) is 25.7 Å². The van der Waals surface area contributed by atoms with Crippen molar-refractivity contribution in [3.05, 3.63) is 0 Å². The van der Waals surface area contributed by atoms with Gasteiger partial charge in [-0.2, -0.15) is 0 Å². The Bertz CT molecular complexity index is 1210. The van der Waals surface area contributed by atoms with Gasteiger partial charge in [0.1, 0.15) is 0 Å². The lowest BCUT2D eigenvalue weighted by atomic mass is 9.88. The number of rotatable bonds is 7. The fraction of sp³-hybridized carbons (Fsp3) is 0.923. The number of nitrogens with zero attached hydrogens (tertiary/aromatic N) is 5. The zero-order valence-corrected chi connectivity index (χ0v) is 32.8. The van der Waals surface area contributed by atoms with Crippen LogP contribution in [0, 0.1) is 0 Å². The number of carbonyl (C=O) groups is 3. The first-order chi connectivity index (χ1) is 25.0. The Morgan fingerprint density at radius 3 is 1.83 bits per heavy atom. The minimum Gasteiger partial charge on any atom is -0.450 e. The first-order valence-corrected chi connectivity index (χ1v) is 21.0. The average Bonchev–Trinajstić information content (AvgIpc) is 3.85. The number of nitrogens with two attached hydrogens (primary N) is 1. The Morgan fingerprint density at radius 1 is 0.750 bits per heavy atom. The van der Waals surface area contributed by atoms with Gasteiger partial charge in [0.25, 0.3) is 0 Å². The predicted octanol–water partition coefficient (Wildman–Crippen LogP) is 4.34. The van der Waals surface area contributed by atoms with Crippen molar-refractivity contribution in [3.8, 4) is 0 Å². The van der Waals surface area contributed by atoms with E-state index in [1.54, 1.807) is 0 Å². The van der Waals surface area contributed by atoms with E-state index in [2.05, 4.69) is 39.2 Å². The van der Waals surface area contributed by atoms with Gasteiger partial charge in [0.15, 0.2) is 0 Å². The fourth-order valence-corrected chi connectivity index (χ4v) is 10.5. The van der Waals surface area contributed by atoms with E-state index in [0.717, 1.165) is 97.3 Å². The fourth-order valence-electron chi connectivity index (χ4n) is 10.5. The van der Waals surface area contributed by atoms with E-state index < -0.39 is 0 Å². The highest BCUT2D eigenvalue weighted by molar-refractivity contribution is 5.78. The minimum atomic E-state index is -0.187. The van der Waals surface area contributed by atoms with Gasteiger partial charge < -0.3 is 40.5 Å². The number of piperidine rings is 2.